The standard InChI is InChI=1S/C31H37N3O3/c1-2-37-29(35)20-17-23-15-18-24(19-16-23)31(36)33-22-10-4-3-9-21-32-30-25-11-5-7-13-27(25)34-28-14-8-6-12-26(28)30/h5,7,11,13,15-20H,2-4,6,8-10,12,14,21-22H2,1H3,(H,32,34)(H,33,36)/b20-17+. The number of carbonyl (C=O) groups is 2. The molecule has 0 radical (unpaired) electrons. The van der Waals surface area contributed by atoms with Crippen LogP contribution in [0.5, 0.6) is 0 Å². The summed E-state index contributed by atoms with van der Waals surface area (Å²) < 4.78 is 4.87. The number of carbonyl (C=O) groups excluding carboxylic acids is 2. The Morgan fingerprint density at radius 1 is 0.946 bits per heavy atom. The Bertz CT molecular complexity index is 1230. The molecule has 0 spiro atoms. The van der Waals surface area contributed by atoms with Gasteiger partial charge in [-0.2, -0.15) is 0 Å². The first kappa shape index (κ1) is 26.4. The van der Waals surface area contributed by atoms with Crippen LogP contribution in [-0.4, -0.2) is 36.6 Å². The Morgan fingerprint density at radius 2 is 1.70 bits per heavy atom. The molecule has 0 atom stereocenters. The number of hydrogen-bond donors (Lipinski definition) is 2. The van der Waals surface area contributed by atoms with E-state index in [0.717, 1.165) is 56.1 Å². The van der Waals surface area contributed by atoms with Crippen molar-refractivity contribution in [2.75, 3.05) is 25.0 Å². The van der Waals surface area contributed by atoms with Gasteiger partial charge >= 0.3 is 5.97 Å². The summed E-state index contributed by atoms with van der Waals surface area (Å²) in [5, 5.41) is 7.97. The minimum Gasteiger partial charge on any atom is -0.463 e. The first-order chi connectivity index (χ1) is 18.2. The second kappa shape index (κ2) is 13.6. The molecule has 3 aromatic rings. The lowest BCUT2D eigenvalue weighted by Gasteiger charge is -2.21. The third-order valence-corrected chi connectivity index (χ3v) is 6.73. The molecule has 2 N–H and O–H groups in total. The monoisotopic (exact) mass is 499 g/mol. The molecular weight excluding hydrogens is 462 g/mol. The summed E-state index contributed by atoms with van der Waals surface area (Å²) in [5.74, 6) is -0.443. The smallest absolute Gasteiger partial charge is 0.330 e. The molecule has 2 aromatic carbocycles. The van der Waals surface area contributed by atoms with E-state index in [0.29, 0.717) is 18.7 Å². The van der Waals surface area contributed by atoms with E-state index in [9.17, 15) is 9.59 Å². The van der Waals surface area contributed by atoms with Crippen molar-refractivity contribution >= 4 is 34.5 Å². The van der Waals surface area contributed by atoms with Gasteiger partial charge in [0.1, 0.15) is 0 Å². The number of anilines is 1. The average Bonchev–Trinajstić information content (AvgIpc) is 2.93. The van der Waals surface area contributed by atoms with E-state index >= 15 is 0 Å². The van der Waals surface area contributed by atoms with Gasteiger partial charge in [0.15, 0.2) is 0 Å². The van der Waals surface area contributed by atoms with Crippen molar-refractivity contribution in [3.8, 4) is 0 Å². The number of fused-ring (bicyclic) bond motifs is 2. The molecule has 1 heterocycles. The van der Waals surface area contributed by atoms with Gasteiger partial charge in [-0.3, -0.25) is 9.78 Å². The molecule has 6 heteroatoms. The number of benzene rings is 2. The molecule has 1 amide bonds. The van der Waals surface area contributed by atoms with Gasteiger partial charge in [0, 0.05) is 41.5 Å². The molecule has 6 nitrogen and oxygen atoms in total. The van der Waals surface area contributed by atoms with Gasteiger partial charge in [-0.05, 0) is 80.9 Å². The van der Waals surface area contributed by atoms with E-state index in [2.05, 4.69) is 34.9 Å². The molecule has 0 aliphatic heterocycles. The zero-order valence-corrected chi connectivity index (χ0v) is 21.7. The first-order valence-electron chi connectivity index (χ1n) is 13.5. The first-order valence-corrected chi connectivity index (χ1v) is 13.5. The molecule has 194 valence electrons. The van der Waals surface area contributed by atoms with Crippen LogP contribution < -0.4 is 10.6 Å². The van der Waals surface area contributed by atoms with Crippen molar-refractivity contribution in [3.05, 3.63) is 77.0 Å². The summed E-state index contributed by atoms with van der Waals surface area (Å²) in [4.78, 5) is 28.7. The normalized spacial score (nSPS) is 12.9. The van der Waals surface area contributed by atoms with Crippen LogP contribution in [0.4, 0.5) is 5.69 Å². The number of rotatable bonds is 12. The fraction of sp³-hybridized carbons (Fsp3) is 0.387. The Kier molecular flexibility index (Phi) is 9.69. The number of aryl methyl sites for hydroxylation is 1. The van der Waals surface area contributed by atoms with Crippen molar-refractivity contribution in [2.24, 2.45) is 0 Å². The van der Waals surface area contributed by atoms with E-state index in [-0.39, 0.29) is 11.9 Å². The Morgan fingerprint density at radius 3 is 2.51 bits per heavy atom. The SMILES string of the molecule is CCOC(=O)/C=C/c1ccc(C(=O)NCCCCCCNc2c3c(nc4ccccc24)CCCC3)cc1. The Labute approximate surface area is 219 Å². The molecule has 0 saturated carbocycles. The van der Waals surface area contributed by atoms with Crippen molar-refractivity contribution in [1.82, 2.24) is 10.3 Å². The van der Waals surface area contributed by atoms with Gasteiger partial charge in [-0.1, -0.05) is 43.2 Å². The van der Waals surface area contributed by atoms with Crippen LogP contribution in [0.15, 0.2) is 54.6 Å². The van der Waals surface area contributed by atoms with E-state index in [4.69, 9.17) is 9.72 Å². The summed E-state index contributed by atoms with van der Waals surface area (Å²) in [5.41, 5.74) is 6.52. The lowest BCUT2D eigenvalue weighted by Crippen LogP contribution is -2.24. The highest BCUT2D eigenvalue weighted by atomic mass is 16.5. The van der Waals surface area contributed by atoms with Gasteiger partial charge in [0.25, 0.3) is 5.91 Å². The predicted molar refractivity (Wildman–Crippen MR) is 150 cm³/mol. The number of hydrogen-bond acceptors (Lipinski definition) is 5. The molecule has 1 aliphatic rings. The molecule has 0 fully saturated rings. The molecule has 0 bridgehead atoms. The molecule has 0 saturated heterocycles. The summed E-state index contributed by atoms with van der Waals surface area (Å²) in [6, 6.07) is 15.6. The third-order valence-electron chi connectivity index (χ3n) is 6.73. The minimum absolute atomic E-state index is 0.0723. The highest BCUT2D eigenvalue weighted by Crippen LogP contribution is 2.33. The zero-order valence-electron chi connectivity index (χ0n) is 21.7. The van der Waals surface area contributed by atoms with Gasteiger partial charge in [0.2, 0.25) is 0 Å². The third kappa shape index (κ3) is 7.42. The molecule has 4 rings (SSSR count). The number of unbranched alkanes of at least 4 members (excludes halogenated alkanes) is 3. The summed E-state index contributed by atoms with van der Waals surface area (Å²) >= 11 is 0. The summed E-state index contributed by atoms with van der Waals surface area (Å²) in [6.07, 6.45) is 12.0. The number of esters is 1. The largest absolute Gasteiger partial charge is 0.463 e. The fourth-order valence-electron chi connectivity index (χ4n) is 4.80. The van der Waals surface area contributed by atoms with E-state index in [1.54, 1.807) is 25.1 Å². The number of nitrogens with zero attached hydrogens (tertiary/aromatic N) is 1. The maximum absolute atomic E-state index is 12.4. The lowest BCUT2D eigenvalue weighted by molar-refractivity contribution is -0.137. The highest BCUT2D eigenvalue weighted by Gasteiger charge is 2.17. The molecule has 1 aliphatic carbocycles. The van der Waals surface area contributed by atoms with E-state index in [1.807, 2.05) is 12.1 Å². The van der Waals surface area contributed by atoms with Crippen LogP contribution in [0.1, 0.15) is 72.6 Å². The molecular formula is C31H37N3O3. The molecule has 1 aromatic heterocycles. The zero-order chi connectivity index (χ0) is 25.9. The van der Waals surface area contributed by atoms with Crippen LogP contribution in [0.3, 0.4) is 0 Å². The van der Waals surface area contributed by atoms with Crippen molar-refractivity contribution in [3.63, 3.8) is 0 Å². The van der Waals surface area contributed by atoms with Crippen LogP contribution in [-0.2, 0) is 22.4 Å². The van der Waals surface area contributed by atoms with Crippen molar-refractivity contribution in [2.45, 2.75) is 58.3 Å². The summed E-state index contributed by atoms with van der Waals surface area (Å²) in [7, 11) is 0. The number of aromatic nitrogens is 1. The second-order valence-electron chi connectivity index (χ2n) is 9.44. The number of nitrogens with one attached hydrogen (secondary N) is 2. The lowest BCUT2D eigenvalue weighted by atomic mass is 9.92. The number of para-hydroxylation sites is 1. The highest BCUT2D eigenvalue weighted by molar-refractivity contribution is 5.95. The van der Waals surface area contributed by atoms with E-state index in [1.165, 1.54) is 41.2 Å². The predicted octanol–water partition coefficient (Wildman–Crippen LogP) is 6.09. The van der Waals surface area contributed by atoms with Crippen LogP contribution in [0, 0.1) is 0 Å². The van der Waals surface area contributed by atoms with Crippen molar-refractivity contribution in [1.29, 1.82) is 0 Å². The fourth-order valence-corrected chi connectivity index (χ4v) is 4.80. The van der Waals surface area contributed by atoms with Gasteiger partial charge in [-0.15, -0.1) is 0 Å². The average molecular weight is 500 g/mol. The second-order valence-corrected chi connectivity index (χ2v) is 9.44. The van der Waals surface area contributed by atoms with Crippen molar-refractivity contribution < 1.29 is 14.3 Å². The number of amides is 1. The maximum Gasteiger partial charge on any atom is 0.330 e. The Hall–Kier alpha value is -3.67. The molecule has 0 unspecified atom stereocenters. The minimum atomic E-state index is -0.370. The number of pyridine rings is 1. The maximum atomic E-state index is 12.4. The molecule has 37 heavy (non-hydrogen) atoms. The van der Waals surface area contributed by atoms with Crippen LogP contribution >= 0.6 is 0 Å². The quantitative estimate of drug-likeness (QED) is 0.179. The van der Waals surface area contributed by atoms with Gasteiger partial charge in [0.05, 0.1) is 12.1 Å². The van der Waals surface area contributed by atoms with Gasteiger partial charge in [-0.25, -0.2) is 4.79 Å². The number of ether oxygens (including phenoxy) is 1. The summed E-state index contributed by atoms with van der Waals surface area (Å²) in [6.45, 7) is 3.74. The topological polar surface area (TPSA) is 80.3 Å². The van der Waals surface area contributed by atoms with E-state index < -0.39 is 0 Å². The van der Waals surface area contributed by atoms with Crippen LogP contribution in [0.2, 0.25) is 0 Å². The Balaban J connectivity index is 1.15. The van der Waals surface area contributed by atoms with Crippen LogP contribution in [0.25, 0.3) is 17.0 Å². The van der Waals surface area contributed by atoms with Gasteiger partial charge < -0.3 is 15.4 Å².